The maximum absolute atomic E-state index is 5.64. The molecule has 1 saturated heterocycles. The number of rotatable bonds is 7. The third-order valence-corrected chi connectivity index (χ3v) is 3.64. The number of hydrogen-bond donors (Lipinski definition) is 1. The zero-order valence-electron chi connectivity index (χ0n) is 12.0. The monoisotopic (exact) mass is 263 g/mol. The van der Waals surface area contributed by atoms with Crippen LogP contribution in [-0.2, 0) is 11.3 Å². The molecule has 19 heavy (non-hydrogen) atoms. The van der Waals surface area contributed by atoms with Gasteiger partial charge in [0.1, 0.15) is 5.75 Å². The van der Waals surface area contributed by atoms with E-state index in [0.717, 1.165) is 38.5 Å². The number of nitrogens with one attached hydrogen (secondary N) is 1. The lowest BCUT2D eigenvalue weighted by atomic mass is 10.0. The minimum atomic E-state index is 0.395. The topological polar surface area (TPSA) is 30.5 Å². The molecule has 1 heterocycles. The molecule has 2 unspecified atom stereocenters. The third-order valence-electron chi connectivity index (χ3n) is 3.64. The highest BCUT2D eigenvalue weighted by Crippen LogP contribution is 2.19. The fraction of sp³-hybridized carbons (Fsp3) is 0.625. The zero-order valence-corrected chi connectivity index (χ0v) is 12.0. The van der Waals surface area contributed by atoms with E-state index >= 15 is 0 Å². The van der Waals surface area contributed by atoms with Gasteiger partial charge >= 0.3 is 0 Å². The maximum atomic E-state index is 5.64. The lowest BCUT2D eigenvalue weighted by Gasteiger charge is -2.15. The Balaban J connectivity index is 1.75. The summed E-state index contributed by atoms with van der Waals surface area (Å²) in [6, 6.07) is 8.34. The highest BCUT2D eigenvalue weighted by Gasteiger charge is 2.23. The molecule has 0 amide bonds. The SMILES string of the molecule is CCCOc1cccc(CNCC2CCOC2C)c1. The minimum absolute atomic E-state index is 0.395. The first kappa shape index (κ1) is 14.4. The van der Waals surface area contributed by atoms with Gasteiger partial charge in [0.2, 0.25) is 0 Å². The molecular weight excluding hydrogens is 238 g/mol. The molecule has 0 bridgehead atoms. The lowest BCUT2D eigenvalue weighted by molar-refractivity contribution is 0.105. The number of benzene rings is 1. The Morgan fingerprint density at radius 1 is 1.42 bits per heavy atom. The Labute approximate surface area is 116 Å². The summed E-state index contributed by atoms with van der Waals surface area (Å²) in [6.45, 7) is 7.91. The number of ether oxygens (including phenoxy) is 2. The van der Waals surface area contributed by atoms with Gasteiger partial charge in [-0.15, -0.1) is 0 Å². The van der Waals surface area contributed by atoms with Crippen LogP contribution in [0.1, 0.15) is 32.3 Å². The van der Waals surface area contributed by atoms with Gasteiger partial charge in [-0.2, -0.15) is 0 Å². The minimum Gasteiger partial charge on any atom is -0.494 e. The quantitative estimate of drug-likeness (QED) is 0.820. The van der Waals surface area contributed by atoms with Crippen LogP contribution in [0.3, 0.4) is 0 Å². The van der Waals surface area contributed by atoms with E-state index in [1.54, 1.807) is 0 Å². The highest BCUT2D eigenvalue weighted by molar-refractivity contribution is 5.28. The second kappa shape index (κ2) is 7.51. The summed E-state index contributed by atoms with van der Waals surface area (Å²) in [5, 5.41) is 3.52. The average Bonchev–Trinajstić information content (AvgIpc) is 2.83. The standard InChI is InChI=1S/C16H25NO2/c1-3-8-19-16-6-4-5-14(10-16)11-17-12-15-7-9-18-13(15)2/h4-6,10,13,15,17H,3,7-9,11-12H2,1-2H3. The summed E-state index contributed by atoms with van der Waals surface area (Å²) in [5.41, 5.74) is 1.28. The fourth-order valence-electron chi connectivity index (χ4n) is 2.41. The Morgan fingerprint density at radius 2 is 2.32 bits per heavy atom. The summed E-state index contributed by atoms with van der Waals surface area (Å²) in [7, 11) is 0. The van der Waals surface area contributed by atoms with E-state index < -0.39 is 0 Å². The van der Waals surface area contributed by atoms with Gasteiger partial charge < -0.3 is 14.8 Å². The average molecular weight is 263 g/mol. The molecule has 1 aromatic carbocycles. The second-order valence-corrected chi connectivity index (χ2v) is 5.25. The molecule has 1 aliphatic heterocycles. The van der Waals surface area contributed by atoms with Crippen LogP contribution < -0.4 is 10.1 Å². The number of hydrogen-bond acceptors (Lipinski definition) is 3. The molecule has 3 heteroatoms. The first-order valence-corrected chi connectivity index (χ1v) is 7.33. The van der Waals surface area contributed by atoms with Crippen molar-refractivity contribution in [1.82, 2.24) is 5.32 Å². The maximum Gasteiger partial charge on any atom is 0.119 e. The van der Waals surface area contributed by atoms with Crippen LogP contribution in [0.5, 0.6) is 5.75 Å². The van der Waals surface area contributed by atoms with Crippen molar-refractivity contribution in [2.75, 3.05) is 19.8 Å². The van der Waals surface area contributed by atoms with Crippen molar-refractivity contribution in [2.45, 2.75) is 39.3 Å². The van der Waals surface area contributed by atoms with Crippen LogP contribution in [0.15, 0.2) is 24.3 Å². The van der Waals surface area contributed by atoms with Gasteiger partial charge in [-0.05, 0) is 43.4 Å². The van der Waals surface area contributed by atoms with Crippen molar-refractivity contribution in [3.63, 3.8) is 0 Å². The van der Waals surface area contributed by atoms with Crippen LogP contribution in [0, 0.1) is 5.92 Å². The molecule has 2 rings (SSSR count). The smallest absolute Gasteiger partial charge is 0.119 e. The normalized spacial score (nSPS) is 22.6. The Hall–Kier alpha value is -1.06. The third kappa shape index (κ3) is 4.51. The van der Waals surface area contributed by atoms with Crippen LogP contribution in [0.4, 0.5) is 0 Å². The zero-order chi connectivity index (χ0) is 13.5. The predicted molar refractivity (Wildman–Crippen MR) is 77.5 cm³/mol. The van der Waals surface area contributed by atoms with E-state index in [1.165, 1.54) is 12.0 Å². The summed E-state index contributed by atoms with van der Waals surface area (Å²) < 4.78 is 11.2. The molecule has 1 aliphatic rings. The highest BCUT2D eigenvalue weighted by atomic mass is 16.5. The molecule has 0 aliphatic carbocycles. The van der Waals surface area contributed by atoms with Gasteiger partial charge in [-0.1, -0.05) is 19.1 Å². The Bertz CT molecular complexity index is 381. The summed E-state index contributed by atoms with van der Waals surface area (Å²) in [4.78, 5) is 0. The molecule has 0 aromatic heterocycles. The Morgan fingerprint density at radius 3 is 3.05 bits per heavy atom. The van der Waals surface area contributed by atoms with Crippen molar-refractivity contribution in [2.24, 2.45) is 5.92 Å². The molecule has 106 valence electrons. The van der Waals surface area contributed by atoms with Crippen molar-refractivity contribution in [3.8, 4) is 5.75 Å². The van der Waals surface area contributed by atoms with Crippen LogP contribution in [0.25, 0.3) is 0 Å². The molecule has 0 radical (unpaired) electrons. The van der Waals surface area contributed by atoms with E-state index in [-0.39, 0.29) is 0 Å². The van der Waals surface area contributed by atoms with E-state index in [0.29, 0.717) is 12.0 Å². The second-order valence-electron chi connectivity index (χ2n) is 5.25. The van der Waals surface area contributed by atoms with Gasteiger partial charge in [0.25, 0.3) is 0 Å². The van der Waals surface area contributed by atoms with E-state index in [2.05, 4.69) is 37.4 Å². The molecule has 0 saturated carbocycles. The van der Waals surface area contributed by atoms with Crippen molar-refractivity contribution < 1.29 is 9.47 Å². The van der Waals surface area contributed by atoms with Gasteiger partial charge in [0, 0.05) is 19.7 Å². The molecule has 1 fully saturated rings. The molecule has 1 N–H and O–H groups in total. The van der Waals surface area contributed by atoms with Gasteiger partial charge in [-0.3, -0.25) is 0 Å². The van der Waals surface area contributed by atoms with E-state index in [4.69, 9.17) is 9.47 Å². The van der Waals surface area contributed by atoms with Crippen molar-refractivity contribution in [3.05, 3.63) is 29.8 Å². The molecule has 3 nitrogen and oxygen atoms in total. The first-order chi connectivity index (χ1) is 9.29. The lowest BCUT2D eigenvalue weighted by Crippen LogP contribution is -2.26. The molecule has 1 aromatic rings. The molecule has 0 spiro atoms. The van der Waals surface area contributed by atoms with Gasteiger partial charge in [0.15, 0.2) is 0 Å². The van der Waals surface area contributed by atoms with Crippen LogP contribution >= 0.6 is 0 Å². The summed E-state index contributed by atoms with van der Waals surface area (Å²) >= 11 is 0. The van der Waals surface area contributed by atoms with Crippen LogP contribution in [0.2, 0.25) is 0 Å². The largest absolute Gasteiger partial charge is 0.494 e. The van der Waals surface area contributed by atoms with Crippen LogP contribution in [-0.4, -0.2) is 25.9 Å². The van der Waals surface area contributed by atoms with Crippen molar-refractivity contribution >= 4 is 0 Å². The van der Waals surface area contributed by atoms with Gasteiger partial charge in [0.05, 0.1) is 12.7 Å². The fourth-order valence-corrected chi connectivity index (χ4v) is 2.41. The summed E-state index contributed by atoms with van der Waals surface area (Å²) in [5.74, 6) is 1.62. The van der Waals surface area contributed by atoms with Crippen molar-refractivity contribution in [1.29, 1.82) is 0 Å². The van der Waals surface area contributed by atoms with E-state index in [1.807, 2.05) is 6.07 Å². The van der Waals surface area contributed by atoms with E-state index in [9.17, 15) is 0 Å². The predicted octanol–water partition coefficient (Wildman–Crippen LogP) is 2.99. The Kier molecular flexibility index (Phi) is 5.67. The molecule has 2 atom stereocenters. The molecular formula is C16H25NO2. The van der Waals surface area contributed by atoms with Gasteiger partial charge in [-0.25, -0.2) is 0 Å². The first-order valence-electron chi connectivity index (χ1n) is 7.33. The summed E-state index contributed by atoms with van der Waals surface area (Å²) in [6.07, 6.45) is 2.61.